The number of urea groups is 1. The highest BCUT2D eigenvalue weighted by Crippen LogP contribution is 2.22. The topological polar surface area (TPSA) is 50.4 Å². The Kier molecular flexibility index (Phi) is 3.34. The van der Waals surface area contributed by atoms with E-state index in [-0.39, 0.29) is 6.03 Å². The van der Waals surface area contributed by atoms with Gasteiger partial charge in [0.05, 0.1) is 6.10 Å². The predicted molar refractivity (Wildman–Crippen MR) is 46.0 cm³/mol. The molecule has 12 heavy (non-hydrogen) atoms. The molecule has 0 aromatic carbocycles. The molecule has 70 valence electrons. The summed E-state index contributed by atoms with van der Waals surface area (Å²) >= 11 is 0. The highest BCUT2D eigenvalue weighted by Gasteiger charge is 2.30. The number of carbonyl (C=O) groups is 1. The molecule has 0 aromatic rings. The molecule has 1 rings (SSSR count). The summed E-state index contributed by atoms with van der Waals surface area (Å²) in [7, 11) is 1.62. The summed E-state index contributed by atoms with van der Waals surface area (Å²) in [6.45, 7) is 2.75. The second-order valence-electron chi connectivity index (χ2n) is 2.97. The van der Waals surface area contributed by atoms with E-state index in [1.54, 1.807) is 7.05 Å². The molecule has 0 radical (unpaired) electrons. The van der Waals surface area contributed by atoms with Crippen LogP contribution < -0.4 is 10.6 Å². The summed E-state index contributed by atoms with van der Waals surface area (Å²) in [4.78, 5) is 10.8. The van der Waals surface area contributed by atoms with Crippen molar-refractivity contribution in [2.24, 2.45) is 0 Å². The van der Waals surface area contributed by atoms with Crippen LogP contribution in [0.4, 0.5) is 4.79 Å². The van der Waals surface area contributed by atoms with E-state index < -0.39 is 0 Å². The van der Waals surface area contributed by atoms with Crippen LogP contribution in [0, 0.1) is 0 Å². The van der Waals surface area contributed by atoms with Gasteiger partial charge >= 0.3 is 6.03 Å². The number of hydrogen-bond acceptors (Lipinski definition) is 2. The quantitative estimate of drug-likeness (QED) is 0.650. The molecular weight excluding hydrogens is 156 g/mol. The third kappa shape index (κ3) is 2.37. The maximum absolute atomic E-state index is 10.8. The predicted octanol–water partition coefficient (Wildman–Crippen LogP) is 0.483. The highest BCUT2D eigenvalue weighted by molar-refractivity contribution is 5.73. The second kappa shape index (κ2) is 4.30. The largest absolute Gasteiger partial charge is 0.378 e. The van der Waals surface area contributed by atoms with E-state index in [1.807, 2.05) is 6.92 Å². The Hall–Kier alpha value is -0.770. The van der Waals surface area contributed by atoms with Gasteiger partial charge < -0.3 is 15.4 Å². The van der Waals surface area contributed by atoms with Crippen LogP contribution in [0.1, 0.15) is 19.8 Å². The van der Waals surface area contributed by atoms with Crippen LogP contribution in [-0.2, 0) is 4.74 Å². The number of nitrogens with one attached hydrogen (secondary N) is 2. The monoisotopic (exact) mass is 172 g/mol. The summed E-state index contributed by atoms with van der Waals surface area (Å²) in [6.07, 6.45) is 2.25. The Balaban J connectivity index is 2.05. The van der Waals surface area contributed by atoms with E-state index in [9.17, 15) is 4.79 Å². The summed E-state index contributed by atoms with van der Waals surface area (Å²) in [5.41, 5.74) is 0. The van der Waals surface area contributed by atoms with Gasteiger partial charge in [0.15, 0.2) is 0 Å². The first-order chi connectivity index (χ1) is 5.76. The number of hydrogen-bond donors (Lipinski definition) is 2. The summed E-state index contributed by atoms with van der Waals surface area (Å²) in [6, 6.07) is 0.205. The number of ether oxygens (including phenoxy) is 1. The van der Waals surface area contributed by atoms with Crippen molar-refractivity contribution in [3.05, 3.63) is 0 Å². The average molecular weight is 172 g/mol. The molecule has 0 saturated heterocycles. The molecule has 1 aliphatic carbocycles. The van der Waals surface area contributed by atoms with E-state index in [1.165, 1.54) is 0 Å². The van der Waals surface area contributed by atoms with Crippen molar-refractivity contribution in [1.29, 1.82) is 0 Å². The molecule has 0 spiro atoms. The molecule has 4 heteroatoms. The maximum atomic E-state index is 10.8. The maximum Gasteiger partial charge on any atom is 0.314 e. The molecule has 1 saturated carbocycles. The molecule has 0 unspecified atom stereocenters. The van der Waals surface area contributed by atoms with Crippen LogP contribution in [0.5, 0.6) is 0 Å². The number of carbonyl (C=O) groups excluding carboxylic acids is 1. The minimum absolute atomic E-state index is 0.102. The Morgan fingerprint density at radius 3 is 2.75 bits per heavy atom. The fourth-order valence-corrected chi connectivity index (χ4v) is 1.31. The van der Waals surface area contributed by atoms with Crippen molar-refractivity contribution in [3.8, 4) is 0 Å². The first-order valence-electron chi connectivity index (χ1n) is 4.36. The van der Waals surface area contributed by atoms with E-state index in [2.05, 4.69) is 10.6 Å². The zero-order valence-corrected chi connectivity index (χ0v) is 7.59. The van der Waals surface area contributed by atoms with Crippen LogP contribution in [-0.4, -0.2) is 31.8 Å². The fourth-order valence-electron chi connectivity index (χ4n) is 1.31. The van der Waals surface area contributed by atoms with Crippen molar-refractivity contribution in [1.82, 2.24) is 10.6 Å². The van der Waals surface area contributed by atoms with E-state index >= 15 is 0 Å². The van der Waals surface area contributed by atoms with Crippen molar-refractivity contribution < 1.29 is 9.53 Å². The standard InChI is InChI=1S/C8H16N2O2/c1-3-12-7-4-6(5-7)10-8(11)9-2/h6-7H,3-5H2,1-2H3,(H2,9,10,11). The Morgan fingerprint density at radius 2 is 2.25 bits per heavy atom. The SMILES string of the molecule is CCOC1CC(NC(=O)NC)C1. The van der Waals surface area contributed by atoms with Gasteiger partial charge in [-0.25, -0.2) is 4.79 Å². The molecule has 0 bridgehead atoms. The van der Waals surface area contributed by atoms with Gasteiger partial charge in [0.2, 0.25) is 0 Å². The van der Waals surface area contributed by atoms with Crippen LogP contribution in [0.15, 0.2) is 0 Å². The smallest absolute Gasteiger partial charge is 0.314 e. The number of rotatable bonds is 3. The molecule has 0 heterocycles. The minimum Gasteiger partial charge on any atom is -0.378 e. The Labute approximate surface area is 72.7 Å². The lowest BCUT2D eigenvalue weighted by atomic mass is 9.89. The third-order valence-electron chi connectivity index (χ3n) is 2.06. The lowest BCUT2D eigenvalue weighted by Crippen LogP contribution is -2.50. The zero-order valence-electron chi connectivity index (χ0n) is 7.59. The lowest BCUT2D eigenvalue weighted by molar-refractivity contribution is -0.00703. The van der Waals surface area contributed by atoms with Gasteiger partial charge in [0.25, 0.3) is 0 Å². The Morgan fingerprint density at radius 1 is 1.58 bits per heavy atom. The molecule has 2 N–H and O–H groups in total. The number of amides is 2. The molecule has 4 nitrogen and oxygen atoms in total. The van der Waals surface area contributed by atoms with Gasteiger partial charge in [0.1, 0.15) is 0 Å². The van der Waals surface area contributed by atoms with E-state index in [4.69, 9.17) is 4.74 Å². The van der Waals surface area contributed by atoms with Gasteiger partial charge in [0, 0.05) is 19.7 Å². The van der Waals surface area contributed by atoms with E-state index in [0.717, 1.165) is 19.4 Å². The molecule has 1 aliphatic rings. The summed E-state index contributed by atoms with van der Waals surface area (Å²) in [5.74, 6) is 0. The second-order valence-corrected chi connectivity index (χ2v) is 2.97. The Bertz CT molecular complexity index is 155. The fraction of sp³-hybridized carbons (Fsp3) is 0.875. The molecule has 0 aliphatic heterocycles. The van der Waals surface area contributed by atoms with Crippen molar-refractivity contribution in [2.75, 3.05) is 13.7 Å². The molecule has 2 amide bonds. The van der Waals surface area contributed by atoms with Gasteiger partial charge in [-0.3, -0.25) is 0 Å². The van der Waals surface area contributed by atoms with Gasteiger partial charge in [-0.2, -0.15) is 0 Å². The van der Waals surface area contributed by atoms with Crippen molar-refractivity contribution >= 4 is 6.03 Å². The van der Waals surface area contributed by atoms with Crippen LogP contribution in [0.25, 0.3) is 0 Å². The van der Waals surface area contributed by atoms with Crippen LogP contribution in [0.2, 0.25) is 0 Å². The molecular formula is C8H16N2O2. The first kappa shape index (κ1) is 9.32. The minimum atomic E-state index is -0.102. The molecule has 1 fully saturated rings. The summed E-state index contributed by atoms with van der Waals surface area (Å²) < 4.78 is 5.35. The lowest BCUT2D eigenvalue weighted by Gasteiger charge is -2.35. The van der Waals surface area contributed by atoms with E-state index in [0.29, 0.717) is 12.1 Å². The average Bonchev–Trinajstić information content (AvgIpc) is 2.00. The van der Waals surface area contributed by atoms with Gasteiger partial charge in [-0.05, 0) is 19.8 Å². The van der Waals surface area contributed by atoms with Gasteiger partial charge in [-0.15, -0.1) is 0 Å². The molecule has 0 atom stereocenters. The summed E-state index contributed by atoms with van der Waals surface area (Å²) in [5, 5.41) is 5.34. The molecule has 0 aromatic heterocycles. The van der Waals surface area contributed by atoms with Crippen molar-refractivity contribution in [2.45, 2.75) is 31.9 Å². The first-order valence-corrected chi connectivity index (χ1v) is 4.36. The zero-order chi connectivity index (χ0) is 8.97. The van der Waals surface area contributed by atoms with Crippen LogP contribution >= 0.6 is 0 Å². The van der Waals surface area contributed by atoms with Gasteiger partial charge in [-0.1, -0.05) is 0 Å². The normalized spacial score (nSPS) is 27.5. The highest BCUT2D eigenvalue weighted by atomic mass is 16.5. The van der Waals surface area contributed by atoms with Crippen molar-refractivity contribution in [3.63, 3.8) is 0 Å². The van der Waals surface area contributed by atoms with Crippen LogP contribution in [0.3, 0.4) is 0 Å². The third-order valence-corrected chi connectivity index (χ3v) is 2.06.